The van der Waals surface area contributed by atoms with E-state index in [0.717, 1.165) is 30.6 Å². The summed E-state index contributed by atoms with van der Waals surface area (Å²) < 4.78 is 0. The van der Waals surface area contributed by atoms with Gasteiger partial charge in [-0.25, -0.2) is 4.79 Å². The number of likely N-dealkylation sites (tertiary alicyclic amines) is 1. The lowest BCUT2D eigenvalue weighted by molar-refractivity contribution is -0.142. The Bertz CT molecular complexity index is 1640. The van der Waals surface area contributed by atoms with Crippen molar-refractivity contribution in [2.75, 3.05) is 19.6 Å². The minimum atomic E-state index is -1.12. The average Bonchev–Trinajstić information content (AvgIpc) is 3.06. The number of aliphatic carboxylic acids is 1. The molecule has 238 valence electrons. The van der Waals surface area contributed by atoms with Crippen LogP contribution in [0.4, 0.5) is 0 Å². The number of aromatic hydroxyl groups is 1. The summed E-state index contributed by atoms with van der Waals surface area (Å²) in [6.45, 7) is 6.51. The summed E-state index contributed by atoms with van der Waals surface area (Å²) in [7, 11) is 0. The fourth-order valence-corrected chi connectivity index (χ4v) is 6.50. The lowest BCUT2D eigenvalue weighted by atomic mass is 9.68. The van der Waals surface area contributed by atoms with E-state index in [1.807, 2.05) is 60.7 Å². The minimum absolute atomic E-state index is 0.0992. The highest BCUT2D eigenvalue weighted by Gasteiger charge is 2.39. The number of phenolic OH excluding ortho intramolecular Hbond substituents is 1. The Hall–Kier alpha value is -4.75. The van der Waals surface area contributed by atoms with Gasteiger partial charge in [-0.15, -0.1) is 0 Å². The number of carboxylic acids is 1. The summed E-state index contributed by atoms with van der Waals surface area (Å²) >= 11 is 0. The summed E-state index contributed by atoms with van der Waals surface area (Å²) in [5.41, 5.74) is 3.84. The molecule has 46 heavy (non-hydrogen) atoms. The quantitative estimate of drug-likeness (QED) is 0.171. The Morgan fingerprint density at radius 2 is 1.48 bits per heavy atom. The maximum absolute atomic E-state index is 13.8. The van der Waals surface area contributed by atoms with Crippen LogP contribution < -0.4 is 5.32 Å². The van der Waals surface area contributed by atoms with Gasteiger partial charge in [0.15, 0.2) is 5.78 Å². The number of piperidine rings is 1. The molecule has 4 atom stereocenters. The van der Waals surface area contributed by atoms with E-state index in [2.05, 4.69) is 30.1 Å². The van der Waals surface area contributed by atoms with Crippen LogP contribution in [0.25, 0.3) is 0 Å². The topological polar surface area (TPSA) is 107 Å². The third-order valence-corrected chi connectivity index (χ3v) is 9.55. The van der Waals surface area contributed by atoms with E-state index >= 15 is 0 Å². The molecular weight excluding hydrogens is 576 g/mol. The standard InChI is InChI=1S/C39H42N2O5/c1-27-25-41(21-20-39(27,2)33-14-9-15-34(42)24-33)26-32(22-28-10-5-3-6-11-28)37(44)40-35(38(45)46)23-29-16-18-31(19-17-29)36(43)30-12-7-4-8-13-30/h3-19,24,27,32,35,42H,20-23,25-26H2,1-2H3,(H,40,44)(H,45,46)/t27-,32-,35-,39+/m0/s1. The Labute approximate surface area is 270 Å². The van der Waals surface area contributed by atoms with Crippen molar-refractivity contribution in [2.24, 2.45) is 11.8 Å². The molecule has 0 unspecified atom stereocenters. The van der Waals surface area contributed by atoms with Crippen molar-refractivity contribution in [3.8, 4) is 5.75 Å². The molecule has 0 aromatic heterocycles. The van der Waals surface area contributed by atoms with Gasteiger partial charge < -0.3 is 20.4 Å². The molecule has 1 heterocycles. The molecule has 7 nitrogen and oxygen atoms in total. The SMILES string of the molecule is C[C@H]1CN(C[C@H](Cc2ccccc2)C(=O)N[C@@H](Cc2ccc(C(=O)c3ccccc3)cc2)C(=O)O)CC[C@@]1(C)c1cccc(O)c1. The number of ketones is 1. The summed E-state index contributed by atoms with van der Waals surface area (Å²) in [5.74, 6) is -1.42. The predicted octanol–water partition coefficient (Wildman–Crippen LogP) is 5.89. The van der Waals surface area contributed by atoms with Gasteiger partial charge in [0.2, 0.25) is 5.91 Å². The van der Waals surface area contributed by atoms with Crippen molar-refractivity contribution in [2.45, 2.75) is 44.6 Å². The zero-order valence-electron chi connectivity index (χ0n) is 26.4. The molecule has 7 heteroatoms. The number of nitrogens with zero attached hydrogens (tertiary/aromatic N) is 1. The van der Waals surface area contributed by atoms with Crippen molar-refractivity contribution in [1.82, 2.24) is 10.2 Å². The predicted molar refractivity (Wildman–Crippen MR) is 179 cm³/mol. The molecule has 0 radical (unpaired) electrons. The molecule has 4 aromatic carbocycles. The zero-order valence-corrected chi connectivity index (χ0v) is 26.4. The van der Waals surface area contributed by atoms with E-state index < -0.39 is 17.9 Å². The Morgan fingerprint density at radius 3 is 2.11 bits per heavy atom. The number of rotatable bonds is 12. The first-order valence-electron chi connectivity index (χ1n) is 15.9. The highest BCUT2D eigenvalue weighted by atomic mass is 16.4. The van der Waals surface area contributed by atoms with E-state index in [1.54, 1.807) is 42.5 Å². The maximum atomic E-state index is 13.8. The van der Waals surface area contributed by atoms with Crippen molar-refractivity contribution in [3.63, 3.8) is 0 Å². The summed E-state index contributed by atoms with van der Waals surface area (Å²) in [5, 5.41) is 23.0. The average molecular weight is 619 g/mol. The third kappa shape index (κ3) is 7.90. The number of carboxylic acid groups (broad SMARTS) is 1. The van der Waals surface area contributed by atoms with Gasteiger partial charge in [-0.1, -0.05) is 111 Å². The van der Waals surface area contributed by atoms with E-state index in [-0.39, 0.29) is 35.2 Å². The van der Waals surface area contributed by atoms with Crippen LogP contribution in [0, 0.1) is 11.8 Å². The van der Waals surface area contributed by atoms with Crippen molar-refractivity contribution < 1.29 is 24.6 Å². The zero-order chi connectivity index (χ0) is 32.7. The molecule has 5 rings (SSSR count). The van der Waals surface area contributed by atoms with Crippen LogP contribution in [-0.4, -0.2) is 58.4 Å². The monoisotopic (exact) mass is 618 g/mol. The second-order valence-corrected chi connectivity index (χ2v) is 12.8. The Morgan fingerprint density at radius 1 is 0.848 bits per heavy atom. The number of benzene rings is 4. The van der Waals surface area contributed by atoms with Crippen LogP contribution in [0.2, 0.25) is 0 Å². The van der Waals surface area contributed by atoms with Crippen LogP contribution in [-0.2, 0) is 27.8 Å². The molecule has 4 aromatic rings. The second kappa shape index (κ2) is 14.6. The van der Waals surface area contributed by atoms with E-state index in [4.69, 9.17) is 0 Å². The maximum Gasteiger partial charge on any atom is 0.326 e. The van der Waals surface area contributed by atoms with Crippen molar-refractivity contribution in [3.05, 3.63) is 137 Å². The van der Waals surface area contributed by atoms with Gasteiger partial charge >= 0.3 is 5.97 Å². The third-order valence-electron chi connectivity index (χ3n) is 9.55. The molecule has 3 N–H and O–H groups in total. The molecule has 0 spiro atoms. The molecule has 1 saturated heterocycles. The van der Waals surface area contributed by atoms with Gasteiger partial charge in [0, 0.05) is 30.6 Å². The molecule has 0 aliphatic carbocycles. The van der Waals surface area contributed by atoms with E-state index in [9.17, 15) is 24.6 Å². The summed E-state index contributed by atoms with van der Waals surface area (Å²) in [6, 6.07) is 32.1. The number of nitrogens with one attached hydrogen (secondary N) is 1. The van der Waals surface area contributed by atoms with Crippen molar-refractivity contribution >= 4 is 17.7 Å². The van der Waals surface area contributed by atoms with Crippen LogP contribution >= 0.6 is 0 Å². The van der Waals surface area contributed by atoms with Crippen LogP contribution in [0.1, 0.15) is 52.9 Å². The number of phenols is 1. The molecule has 1 amide bonds. The number of carbonyl (C=O) groups is 3. The van der Waals surface area contributed by atoms with E-state index in [1.165, 1.54) is 0 Å². The number of amides is 1. The summed E-state index contributed by atoms with van der Waals surface area (Å²) in [6.07, 6.45) is 1.46. The minimum Gasteiger partial charge on any atom is -0.508 e. The molecular formula is C39H42N2O5. The second-order valence-electron chi connectivity index (χ2n) is 12.8. The van der Waals surface area contributed by atoms with Gasteiger partial charge in [0.1, 0.15) is 11.8 Å². The largest absolute Gasteiger partial charge is 0.508 e. The number of carbonyl (C=O) groups excluding carboxylic acids is 2. The van der Waals surface area contributed by atoms with Crippen molar-refractivity contribution in [1.29, 1.82) is 0 Å². The van der Waals surface area contributed by atoms with E-state index in [0.29, 0.717) is 29.7 Å². The summed E-state index contributed by atoms with van der Waals surface area (Å²) in [4.78, 5) is 41.3. The smallest absolute Gasteiger partial charge is 0.326 e. The molecule has 0 bridgehead atoms. The lowest BCUT2D eigenvalue weighted by Gasteiger charge is -2.45. The van der Waals surface area contributed by atoms with Gasteiger partial charge in [-0.3, -0.25) is 9.59 Å². The highest BCUT2D eigenvalue weighted by molar-refractivity contribution is 6.08. The van der Waals surface area contributed by atoms with Gasteiger partial charge in [0.25, 0.3) is 0 Å². The van der Waals surface area contributed by atoms with Gasteiger partial charge in [-0.2, -0.15) is 0 Å². The molecule has 1 aliphatic heterocycles. The fraction of sp³-hybridized carbons (Fsp3) is 0.308. The Kier molecular flexibility index (Phi) is 10.3. The van der Waals surface area contributed by atoms with Gasteiger partial charge in [-0.05, 0) is 59.5 Å². The molecule has 0 saturated carbocycles. The van der Waals surface area contributed by atoms with Gasteiger partial charge in [0.05, 0.1) is 5.92 Å². The first-order valence-corrected chi connectivity index (χ1v) is 15.9. The lowest BCUT2D eigenvalue weighted by Crippen LogP contribution is -2.52. The molecule has 1 aliphatic rings. The fourth-order valence-electron chi connectivity index (χ4n) is 6.50. The molecule has 1 fully saturated rings. The number of hydrogen-bond donors (Lipinski definition) is 3. The van der Waals surface area contributed by atoms with Crippen LogP contribution in [0.3, 0.4) is 0 Å². The van der Waals surface area contributed by atoms with Crippen LogP contribution in [0.5, 0.6) is 5.75 Å². The normalized spacial score (nSPS) is 19.6. The number of hydrogen-bond acceptors (Lipinski definition) is 5. The highest BCUT2D eigenvalue weighted by Crippen LogP contribution is 2.40. The Balaban J connectivity index is 1.27. The first-order chi connectivity index (χ1) is 22.1. The van der Waals surface area contributed by atoms with Crippen LogP contribution in [0.15, 0.2) is 109 Å². The first kappa shape index (κ1) is 32.6.